The predicted molar refractivity (Wildman–Crippen MR) is 70.7 cm³/mol. The van der Waals surface area contributed by atoms with Crippen LogP contribution >= 0.6 is 0 Å². The van der Waals surface area contributed by atoms with Crippen molar-refractivity contribution in [1.82, 2.24) is 5.32 Å². The lowest BCUT2D eigenvalue weighted by Gasteiger charge is -2.25. The molecule has 1 heterocycles. The van der Waals surface area contributed by atoms with Crippen molar-refractivity contribution in [3.05, 3.63) is 47.2 Å². The van der Waals surface area contributed by atoms with Gasteiger partial charge in [0.05, 0.1) is 18.9 Å². The van der Waals surface area contributed by atoms with Crippen LogP contribution in [0.15, 0.2) is 30.0 Å². The van der Waals surface area contributed by atoms with Crippen molar-refractivity contribution in [2.45, 2.75) is 32.2 Å². The number of hydrogen-bond acceptors (Lipinski definition) is 2. The Hall–Kier alpha value is -1.42. The van der Waals surface area contributed by atoms with Crippen molar-refractivity contribution in [2.24, 2.45) is 0 Å². The second-order valence-corrected chi connectivity index (χ2v) is 4.72. The minimum Gasteiger partial charge on any atom is -0.501 e. The first kappa shape index (κ1) is 14.0. The van der Waals surface area contributed by atoms with Gasteiger partial charge in [-0.15, -0.1) is 0 Å². The summed E-state index contributed by atoms with van der Waals surface area (Å²) < 4.78 is 32.6. The molecule has 0 amide bonds. The third-order valence-corrected chi connectivity index (χ3v) is 3.20. The Morgan fingerprint density at radius 1 is 1.37 bits per heavy atom. The zero-order valence-corrected chi connectivity index (χ0v) is 11.1. The highest BCUT2D eigenvalue weighted by Gasteiger charge is 2.22. The average molecular weight is 267 g/mol. The highest BCUT2D eigenvalue weighted by atomic mass is 19.1. The third-order valence-electron chi connectivity index (χ3n) is 3.20. The lowest BCUT2D eigenvalue weighted by Crippen LogP contribution is -2.26. The monoisotopic (exact) mass is 267 g/mol. The normalized spacial score (nSPS) is 16.7. The second-order valence-electron chi connectivity index (χ2n) is 4.72. The molecule has 1 aliphatic rings. The molecule has 0 aromatic heterocycles. The van der Waals surface area contributed by atoms with Gasteiger partial charge in [-0.1, -0.05) is 6.92 Å². The minimum absolute atomic E-state index is 0.309. The molecule has 104 valence electrons. The van der Waals surface area contributed by atoms with Crippen LogP contribution in [0.4, 0.5) is 8.78 Å². The van der Waals surface area contributed by atoms with E-state index in [4.69, 9.17) is 4.74 Å². The Balaban J connectivity index is 2.30. The van der Waals surface area contributed by atoms with Crippen LogP contribution < -0.4 is 5.32 Å². The SMILES string of the molecule is CCCNC(C1=COCCC1)c1cc(F)ccc1F. The Morgan fingerprint density at radius 3 is 2.89 bits per heavy atom. The molecule has 0 radical (unpaired) electrons. The molecule has 0 aliphatic carbocycles. The largest absolute Gasteiger partial charge is 0.501 e. The van der Waals surface area contributed by atoms with Crippen LogP contribution in [0.5, 0.6) is 0 Å². The molecule has 1 atom stereocenters. The number of nitrogens with one attached hydrogen (secondary N) is 1. The van der Waals surface area contributed by atoms with Crippen LogP contribution in [0, 0.1) is 11.6 Å². The van der Waals surface area contributed by atoms with Gasteiger partial charge < -0.3 is 10.1 Å². The quantitative estimate of drug-likeness (QED) is 0.878. The summed E-state index contributed by atoms with van der Waals surface area (Å²) in [6, 6.07) is 3.27. The lowest BCUT2D eigenvalue weighted by atomic mass is 9.94. The van der Waals surface area contributed by atoms with E-state index in [-0.39, 0.29) is 11.9 Å². The van der Waals surface area contributed by atoms with Gasteiger partial charge >= 0.3 is 0 Å². The Bertz CT molecular complexity index is 459. The molecule has 1 N–H and O–H groups in total. The molecule has 2 rings (SSSR count). The molecule has 4 heteroatoms. The van der Waals surface area contributed by atoms with E-state index in [2.05, 4.69) is 5.32 Å². The van der Waals surface area contributed by atoms with Crippen LogP contribution in [-0.2, 0) is 4.74 Å². The van der Waals surface area contributed by atoms with E-state index in [1.807, 2.05) is 6.92 Å². The van der Waals surface area contributed by atoms with Crippen LogP contribution in [0.25, 0.3) is 0 Å². The van der Waals surface area contributed by atoms with Crippen molar-refractivity contribution in [1.29, 1.82) is 0 Å². The van der Waals surface area contributed by atoms with E-state index < -0.39 is 5.82 Å². The van der Waals surface area contributed by atoms with Crippen LogP contribution in [0.2, 0.25) is 0 Å². The van der Waals surface area contributed by atoms with E-state index in [1.165, 1.54) is 12.1 Å². The summed E-state index contributed by atoms with van der Waals surface area (Å²) in [5, 5.41) is 3.27. The topological polar surface area (TPSA) is 21.3 Å². The maximum Gasteiger partial charge on any atom is 0.128 e. The van der Waals surface area contributed by atoms with Gasteiger partial charge in [0.25, 0.3) is 0 Å². The summed E-state index contributed by atoms with van der Waals surface area (Å²) in [5.74, 6) is -0.807. The number of ether oxygens (including phenoxy) is 1. The number of hydrogen-bond donors (Lipinski definition) is 1. The first-order valence-corrected chi connectivity index (χ1v) is 6.71. The zero-order chi connectivity index (χ0) is 13.7. The molecule has 1 aromatic rings. The molecule has 19 heavy (non-hydrogen) atoms. The van der Waals surface area contributed by atoms with Crippen LogP contribution in [0.1, 0.15) is 37.8 Å². The van der Waals surface area contributed by atoms with Crippen LogP contribution in [-0.4, -0.2) is 13.2 Å². The Labute approximate surface area is 112 Å². The van der Waals surface area contributed by atoms with Crippen LogP contribution in [0.3, 0.4) is 0 Å². The number of benzene rings is 1. The molecule has 1 aromatic carbocycles. The highest BCUT2D eigenvalue weighted by molar-refractivity contribution is 5.30. The Kier molecular flexibility index (Phi) is 4.91. The molecule has 0 saturated heterocycles. The molecule has 0 saturated carbocycles. The molecule has 0 spiro atoms. The van der Waals surface area contributed by atoms with E-state index >= 15 is 0 Å². The summed E-state index contributed by atoms with van der Waals surface area (Å²) in [5.41, 5.74) is 1.33. The Morgan fingerprint density at radius 2 is 2.21 bits per heavy atom. The first-order chi connectivity index (χ1) is 9.22. The van der Waals surface area contributed by atoms with Gasteiger partial charge in [-0.05, 0) is 49.6 Å². The second kappa shape index (κ2) is 6.66. The fourth-order valence-corrected chi connectivity index (χ4v) is 2.26. The third kappa shape index (κ3) is 3.53. The fraction of sp³-hybridized carbons (Fsp3) is 0.467. The maximum atomic E-state index is 13.9. The molecule has 1 aliphatic heterocycles. The summed E-state index contributed by atoms with van der Waals surface area (Å²) in [6.07, 6.45) is 4.37. The zero-order valence-electron chi connectivity index (χ0n) is 11.1. The van der Waals surface area contributed by atoms with E-state index in [9.17, 15) is 8.78 Å². The first-order valence-electron chi connectivity index (χ1n) is 6.71. The summed E-state index contributed by atoms with van der Waals surface area (Å²) in [6.45, 7) is 3.48. The van der Waals surface area contributed by atoms with E-state index in [0.717, 1.165) is 37.4 Å². The van der Waals surface area contributed by atoms with Crippen molar-refractivity contribution in [2.75, 3.05) is 13.2 Å². The number of halogens is 2. The molecular formula is C15H19F2NO. The van der Waals surface area contributed by atoms with Gasteiger partial charge in [0.1, 0.15) is 11.6 Å². The van der Waals surface area contributed by atoms with Gasteiger partial charge in [-0.2, -0.15) is 0 Å². The summed E-state index contributed by atoms with van der Waals surface area (Å²) in [7, 11) is 0. The van der Waals surface area contributed by atoms with Gasteiger partial charge in [-0.25, -0.2) is 8.78 Å². The average Bonchev–Trinajstić information content (AvgIpc) is 2.44. The van der Waals surface area contributed by atoms with Gasteiger partial charge in [-0.3, -0.25) is 0 Å². The lowest BCUT2D eigenvalue weighted by molar-refractivity contribution is 0.219. The van der Waals surface area contributed by atoms with E-state index in [0.29, 0.717) is 12.2 Å². The van der Waals surface area contributed by atoms with Crippen molar-refractivity contribution in [3.8, 4) is 0 Å². The smallest absolute Gasteiger partial charge is 0.128 e. The summed E-state index contributed by atoms with van der Waals surface area (Å²) in [4.78, 5) is 0. The van der Waals surface area contributed by atoms with Crippen molar-refractivity contribution < 1.29 is 13.5 Å². The predicted octanol–water partition coefficient (Wildman–Crippen LogP) is 3.70. The number of rotatable bonds is 5. The standard InChI is InChI=1S/C15H19F2NO/c1-2-7-18-15(11-4-3-8-19-10-11)13-9-12(16)5-6-14(13)17/h5-6,9-10,15,18H,2-4,7-8H2,1H3. The fourth-order valence-electron chi connectivity index (χ4n) is 2.26. The van der Waals surface area contributed by atoms with Crippen molar-refractivity contribution >= 4 is 0 Å². The van der Waals surface area contributed by atoms with Gasteiger partial charge in [0.2, 0.25) is 0 Å². The molecule has 2 nitrogen and oxygen atoms in total. The molecule has 0 fully saturated rings. The molecule has 1 unspecified atom stereocenters. The molecule has 0 bridgehead atoms. The maximum absolute atomic E-state index is 13.9. The molecular weight excluding hydrogens is 248 g/mol. The van der Waals surface area contributed by atoms with E-state index in [1.54, 1.807) is 6.26 Å². The van der Waals surface area contributed by atoms with Gasteiger partial charge in [0, 0.05) is 5.56 Å². The van der Waals surface area contributed by atoms with Crippen molar-refractivity contribution in [3.63, 3.8) is 0 Å². The van der Waals surface area contributed by atoms with Gasteiger partial charge in [0.15, 0.2) is 0 Å². The summed E-state index contributed by atoms with van der Waals surface area (Å²) >= 11 is 0. The highest BCUT2D eigenvalue weighted by Crippen LogP contribution is 2.29. The minimum atomic E-state index is -0.419.